The minimum Gasteiger partial charge on any atom is -0.382 e. The van der Waals surface area contributed by atoms with E-state index in [2.05, 4.69) is 45.6 Å². The maximum atomic E-state index is 12.7. The first-order chi connectivity index (χ1) is 16.1. The third-order valence-electron chi connectivity index (χ3n) is 6.65. The number of imidazole rings is 1. The van der Waals surface area contributed by atoms with Crippen LogP contribution in [0.3, 0.4) is 0 Å². The number of thiophene rings is 1. The molecule has 1 amide bonds. The summed E-state index contributed by atoms with van der Waals surface area (Å²) in [7, 11) is 0. The second-order valence-electron chi connectivity index (χ2n) is 8.65. The van der Waals surface area contributed by atoms with Crippen molar-refractivity contribution in [3.05, 3.63) is 70.4 Å². The fraction of sp³-hybridized carbons (Fsp3) is 0.240. The van der Waals surface area contributed by atoms with E-state index < -0.39 is 0 Å². The number of likely N-dealkylation sites (tertiary alicyclic amines) is 1. The standard InChI is InChI=1S/C25H24N6OS/c1-15-3-2-4-17-13-19(28-20(15)17)21-22-23(26)27-8-11-31(22)24(29-21)16-5-9-30(10-6-16)25(32)18-7-12-33-14-18/h2-4,7-8,11-14,16,28H,5-6,9-10H2,1H3,(H2,26,27). The molecule has 0 saturated carbocycles. The van der Waals surface area contributed by atoms with Crippen LogP contribution in [-0.2, 0) is 0 Å². The Hall–Kier alpha value is -3.65. The predicted octanol–water partition coefficient (Wildman–Crippen LogP) is 4.85. The van der Waals surface area contributed by atoms with Crippen LogP contribution < -0.4 is 5.73 Å². The minimum absolute atomic E-state index is 0.116. The number of amides is 1. The normalized spacial score (nSPS) is 15.0. The van der Waals surface area contributed by atoms with Gasteiger partial charge in [0.05, 0.1) is 11.3 Å². The van der Waals surface area contributed by atoms with E-state index >= 15 is 0 Å². The Balaban J connectivity index is 1.36. The summed E-state index contributed by atoms with van der Waals surface area (Å²) in [6.45, 7) is 3.53. The Bertz CT molecular complexity index is 1470. The monoisotopic (exact) mass is 456 g/mol. The number of rotatable bonds is 3. The third-order valence-corrected chi connectivity index (χ3v) is 7.33. The highest BCUT2D eigenvalue weighted by atomic mass is 32.1. The molecule has 1 aliphatic heterocycles. The lowest BCUT2D eigenvalue weighted by molar-refractivity contribution is 0.0711. The third kappa shape index (κ3) is 3.29. The highest BCUT2D eigenvalue weighted by Crippen LogP contribution is 2.35. The first kappa shape index (κ1) is 20.0. The van der Waals surface area contributed by atoms with E-state index in [1.165, 1.54) is 5.56 Å². The van der Waals surface area contributed by atoms with Gasteiger partial charge in [0.2, 0.25) is 0 Å². The number of anilines is 1. The number of fused-ring (bicyclic) bond motifs is 2. The Morgan fingerprint density at radius 2 is 2.09 bits per heavy atom. The molecule has 0 atom stereocenters. The Morgan fingerprint density at radius 1 is 1.24 bits per heavy atom. The molecule has 33 heavy (non-hydrogen) atoms. The van der Waals surface area contributed by atoms with E-state index in [1.54, 1.807) is 17.5 Å². The number of aromatic amines is 1. The summed E-state index contributed by atoms with van der Waals surface area (Å²) < 4.78 is 2.08. The van der Waals surface area contributed by atoms with E-state index in [9.17, 15) is 4.79 Å². The van der Waals surface area contributed by atoms with Crippen molar-refractivity contribution in [2.75, 3.05) is 18.8 Å². The van der Waals surface area contributed by atoms with Gasteiger partial charge in [-0.2, -0.15) is 11.3 Å². The molecule has 6 rings (SSSR count). The van der Waals surface area contributed by atoms with Crippen molar-refractivity contribution in [2.45, 2.75) is 25.7 Å². The van der Waals surface area contributed by atoms with Gasteiger partial charge < -0.3 is 15.6 Å². The molecule has 3 N–H and O–H groups in total. The molecule has 7 nitrogen and oxygen atoms in total. The zero-order valence-electron chi connectivity index (χ0n) is 18.3. The van der Waals surface area contributed by atoms with Crippen molar-refractivity contribution in [1.29, 1.82) is 0 Å². The van der Waals surface area contributed by atoms with Crippen LogP contribution in [-0.4, -0.2) is 43.2 Å². The number of aryl methyl sites for hydroxylation is 1. The van der Waals surface area contributed by atoms with Gasteiger partial charge in [-0.1, -0.05) is 18.2 Å². The molecule has 8 heteroatoms. The lowest BCUT2D eigenvalue weighted by Gasteiger charge is -2.31. The summed E-state index contributed by atoms with van der Waals surface area (Å²) in [5, 5.41) is 5.01. The summed E-state index contributed by atoms with van der Waals surface area (Å²) >= 11 is 1.55. The molecule has 0 aliphatic carbocycles. The maximum absolute atomic E-state index is 12.7. The van der Waals surface area contributed by atoms with Gasteiger partial charge in [-0.15, -0.1) is 0 Å². The van der Waals surface area contributed by atoms with Crippen LogP contribution in [0.2, 0.25) is 0 Å². The van der Waals surface area contributed by atoms with Crippen LogP contribution in [0.4, 0.5) is 5.82 Å². The predicted molar refractivity (Wildman–Crippen MR) is 132 cm³/mol. The van der Waals surface area contributed by atoms with Gasteiger partial charge in [-0.3, -0.25) is 9.20 Å². The Kier molecular flexibility index (Phi) is 4.69. The van der Waals surface area contributed by atoms with Crippen LogP contribution in [0, 0.1) is 6.92 Å². The Morgan fingerprint density at radius 3 is 2.85 bits per heavy atom. The van der Waals surface area contributed by atoms with Crippen LogP contribution in [0.5, 0.6) is 0 Å². The van der Waals surface area contributed by atoms with E-state index in [0.717, 1.165) is 65.1 Å². The van der Waals surface area contributed by atoms with Crippen molar-refractivity contribution in [3.8, 4) is 11.4 Å². The maximum Gasteiger partial charge on any atom is 0.254 e. The SMILES string of the molecule is Cc1cccc2cc(-c3nc(C4CCN(C(=O)c5ccsc5)CC4)n4ccnc(N)c34)[nH]c12. The van der Waals surface area contributed by atoms with Crippen LogP contribution in [0.25, 0.3) is 27.8 Å². The number of nitrogens with one attached hydrogen (secondary N) is 1. The van der Waals surface area contributed by atoms with Crippen LogP contribution >= 0.6 is 11.3 Å². The number of nitrogen functional groups attached to an aromatic ring is 1. The summed E-state index contributed by atoms with van der Waals surface area (Å²) in [6.07, 6.45) is 5.39. The Labute approximate surface area is 194 Å². The largest absolute Gasteiger partial charge is 0.382 e. The molecule has 1 fully saturated rings. The van der Waals surface area contributed by atoms with Gasteiger partial charge in [0.1, 0.15) is 22.9 Å². The van der Waals surface area contributed by atoms with Gasteiger partial charge in [0, 0.05) is 47.7 Å². The fourth-order valence-electron chi connectivity index (χ4n) is 4.91. The number of aromatic nitrogens is 4. The molecule has 0 spiro atoms. The number of nitrogens with two attached hydrogens (primary N) is 1. The van der Waals surface area contributed by atoms with E-state index in [1.807, 2.05) is 27.9 Å². The number of para-hydroxylation sites is 1. The lowest BCUT2D eigenvalue weighted by atomic mass is 9.95. The zero-order valence-corrected chi connectivity index (χ0v) is 19.1. The summed E-state index contributed by atoms with van der Waals surface area (Å²) in [5.74, 6) is 1.80. The van der Waals surface area contributed by atoms with Gasteiger partial charge in [0.25, 0.3) is 5.91 Å². The van der Waals surface area contributed by atoms with Crippen molar-refractivity contribution in [2.24, 2.45) is 0 Å². The van der Waals surface area contributed by atoms with E-state index in [4.69, 9.17) is 10.7 Å². The molecule has 0 bridgehead atoms. The highest BCUT2D eigenvalue weighted by molar-refractivity contribution is 7.08. The fourth-order valence-corrected chi connectivity index (χ4v) is 5.54. The number of carbonyl (C=O) groups excluding carboxylic acids is 1. The molecule has 0 unspecified atom stereocenters. The number of hydrogen-bond donors (Lipinski definition) is 2. The summed E-state index contributed by atoms with van der Waals surface area (Å²) in [5.41, 5.74) is 12.0. The summed E-state index contributed by atoms with van der Waals surface area (Å²) in [6, 6.07) is 10.3. The molecule has 0 radical (unpaired) electrons. The molecule has 166 valence electrons. The molecule has 4 aromatic heterocycles. The average Bonchev–Trinajstić information content (AvgIpc) is 3.58. The minimum atomic E-state index is 0.116. The van der Waals surface area contributed by atoms with E-state index in [0.29, 0.717) is 5.82 Å². The van der Waals surface area contributed by atoms with Crippen molar-refractivity contribution < 1.29 is 4.79 Å². The molecule has 5 aromatic rings. The van der Waals surface area contributed by atoms with Crippen molar-refractivity contribution in [1.82, 2.24) is 24.3 Å². The average molecular weight is 457 g/mol. The lowest BCUT2D eigenvalue weighted by Crippen LogP contribution is -2.38. The molecule has 5 heterocycles. The number of H-pyrrole nitrogens is 1. The molecular weight excluding hydrogens is 432 g/mol. The number of hydrogen-bond acceptors (Lipinski definition) is 5. The van der Waals surface area contributed by atoms with Crippen LogP contribution in [0.1, 0.15) is 40.5 Å². The number of benzene rings is 1. The highest BCUT2D eigenvalue weighted by Gasteiger charge is 2.29. The number of carbonyl (C=O) groups is 1. The molecule has 1 aromatic carbocycles. The number of nitrogens with zero attached hydrogens (tertiary/aromatic N) is 4. The second-order valence-corrected chi connectivity index (χ2v) is 9.43. The van der Waals surface area contributed by atoms with Gasteiger partial charge in [-0.25, -0.2) is 9.97 Å². The molecule has 1 saturated heterocycles. The first-order valence-electron chi connectivity index (χ1n) is 11.1. The summed E-state index contributed by atoms with van der Waals surface area (Å²) in [4.78, 5) is 27.7. The van der Waals surface area contributed by atoms with E-state index in [-0.39, 0.29) is 11.8 Å². The van der Waals surface area contributed by atoms with Crippen molar-refractivity contribution >= 4 is 39.5 Å². The smallest absolute Gasteiger partial charge is 0.254 e. The quantitative estimate of drug-likeness (QED) is 0.406. The molecular formula is C25H24N6OS. The van der Waals surface area contributed by atoms with Gasteiger partial charge in [0.15, 0.2) is 0 Å². The topological polar surface area (TPSA) is 92.3 Å². The number of piperidine rings is 1. The van der Waals surface area contributed by atoms with Gasteiger partial charge in [-0.05, 0) is 42.8 Å². The molecule has 1 aliphatic rings. The first-order valence-corrected chi connectivity index (χ1v) is 12.1. The van der Waals surface area contributed by atoms with Crippen LogP contribution in [0.15, 0.2) is 53.5 Å². The zero-order chi connectivity index (χ0) is 22.5. The van der Waals surface area contributed by atoms with Gasteiger partial charge >= 0.3 is 0 Å². The van der Waals surface area contributed by atoms with Crippen molar-refractivity contribution in [3.63, 3.8) is 0 Å². The second kappa shape index (κ2) is 7.74.